The second-order valence-electron chi connectivity index (χ2n) is 8.01. The van der Waals surface area contributed by atoms with Gasteiger partial charge in [-0.1, -0.05) is 30.3 Å². The Labute approximate surface area is 192 Å². The fourth-order valence-electron chi connectivity index (χ4n) is 3.75. The highest BCUT2D eigenvalue weighted by Gasteiger charge is 2.34. The molecule has 2 heterocycles. The summed E-state index contributed by atoms with van der Waals surface area (Å²) < 4.78 is 32.3. The van der Waals surface area contributed by atoms with Gasteiger partial charge in [0.2, 0.25) is 21.8 Å². The number of nitrogens with one attached hydrogen (secondary N) is 1. The maximum atomic E-state index is 12.9. The van der Waals surface area contributed by atoms with Crippen LogP contribution in [0.4, 0.5) is 5.69 Å². The zero-order valence-corrected chi connectivity index (χ0v) is 19.0. The van der Waals surface area contributed by atoms with Crippen molar-refractivity contribution in [2.45, 2.75) is 24.4 Å². The molecule has 3 aromatic rings. The number of carbonyl (C=O) groups is 2. The third kappa shape index (κ3) is 5.32. The molecule has 1 aliphatic heterocycles. The van der Waals surface area contributed by atoms with E-state index in [1.807, 2.05) is 30.3 Å². The van der Waals surface area contributed by atoms with E-state index in [9.17, 15) is 18.0 Å². The van der Waals surface area contributed by atoms with E-state index in [2.05, 4.69) is 5.32 Å². The third-order valence-corrected chi connectivity index (χ3v) is 7.41. The highest BCUT2D eigenvalue weighted by Crippen LogP contribution is 2.23. The van der Waals surface area contributed by atoms with E-state index in [0.29, 0.717) is 24.5 Å². The van der Waals surface area contributed by atoms with Crippen molar-refractivity contribution in [1.82, 2.24) is 9.21 Å². The van der Waals surface area contributed by atoms with Crippen molar-refractivity contribution in [2.75, 3.05) is 18.9 Å². The first-order chi connectivity index (χ1) is 15.8. The van der Waals surface area contributed by atoms with Gasteiger partial charge in [-0.25, -0.2) is 8.42 Å². The first-order valence-corrected chi connectivity index (χ1v) is 12.0. The van der Waals surface area contributed by atoms with Gasteiger partial charge in [-0.15, -0.1) is 0 Å². The molecule has 0 bridgehead atoms. The monoisotopic (exact) mass is 467 g/mol. The minimum atomic E-state index is -3.68. The van der Waals surface area contributed by atoms with Crippen LogP contribution >= 0.6 is 0 Å². The van der Waals surface area contributed by atoms with Gasteiger partial charge in [0.25, 0.3) is 0 Å². The van der Waals surface area contributed by atoms with Crippen LogP contribution in [0.5, 0.6) is 0 Å². The molecule has 0 saturated carbocycles. The van der Waals surface area contributed by atoms with Crippen LogP contribution in [0.15, 0.2) is 82.3 Å². The summed E-state index contributed by atoms with van der Waals surface area (Å²) in [7, 11) is -2.15. The lowest BCUT2D eigenvalue weighted by atomic mass is 10.1. The number of carbonyl (C=O) groups excluding carboxylic acids is 2. The van der Waals surface area contributed by atoms with E-state index in [1.54, 1.807) is 35.4 Å². The molecule has 1 saturated heterocycles. The van der Waals surface area contributed by atoms with Crippen LogP contribution in [-0.2, 0) is 32.7 Å². The lowest BCUT2D eigenvalue weighted by Crippen LogP contribution is -2.28. The summed E-state index contributed by atoms with van der Waals surface area (Å²) in [6, 6.07) is 18.9. The third-order valence-electron chi connectivity index (χ3n) is 5.59. The van der Waals surface area contributed by atoms with Crippen LogP contribution in [0.1, 0.15) is 17.7 Å². The van der Waals surface area contributed by atoms with Crippen LogP contribution in [0, 0.1) is 5.92 Å². The van der Waals surface area contributed by atoms with Crippen molar-refractivity contribution in [1.29, 1.82) is 0 Å². The number of anilines is 1. The maximum Gasteiger partial charge on any atom is 0.243 e. The molecule has 1 aliphatic rings. The number of nitrogens with zero attached hydrogens (tertiary/aromatic N) is 2. The Kier molecular flexibility index (Phi) is 6.62. The molecule has 9 heteroatoms. The number of hydrogen-bond acceptors (Lipinski definition) is 5. The topological polar surface area (TPSA) is 99.9 Å². The van der Waals surface area contributed by atoms with Crippen molar-refractivity contribution < 1.29 is 22.4 Å². The quantitative estimate of drug-likeness (QED) is 0.549. The smallest absolute Gasteiger partial charge is 0.243 e. The molecular formula is C24H25N3O5S. The minimum Gasteiger partial charge on any atom is -0.467 e. The number of hydrogen-bond donors (Lipinski definition) is 1. The van der Waals surface area contributed by atoms with Crippen molar-refractivity contribution in [2.24, 2.45) is 5.92 Å². The zero-order chi connectivity index (χ0) is 23.4. The zero-order valence-electron chi connectivity index (χ0n) is 18.2. The first kappa shape index (κ1) is 22.8. The number of benzene rings is 2. The van der Waals surface area contributed by atoms with Crippen molar-refractivity contribution in [3.05, 3.63) is 84.3 Å². The average molecular weight is 468 g/mol. The molecule has 4 rings (SSSR count). The normalized spacial score (nSPS) is 16.4. The molecular weight excluding hydrogens is 442 g/mol. The number of amides is 2. The standard InChI is InChI=1S/C24H25N3O5S/c1-26(15-18-6-3-2-4-7-18)33(30,31)22-11-9-20(10-12-22)25-24(29)19-14-23(28)27(16-19)17-21-8-5-13-32-21/h2-13,19H,14-17H2,1H3,(H,25,29). The molecule has 172 valence electrons. The molecule has 1 atom stereocenters. The van der Waals surface area contributed by atoms with Gasteiger partial charge in [0, 0.05) is 32.2 Å². The number of rotatable bonds is 8. The lowest BCUT2D eigenvalue weighted by Gasteiger charge is -2.18. The van der Waals surface area contributed by atoms with E-state index < -0.39 is 15.9 Å². The Balaban J connectivity index is 1.36. The Morgan fingerprint density at radius 3 is 2.48 bits per heavy atom. The van der Waals surface area contributed by atoms with Crippen LogP contribution in [-0.4, -0.2) is 43.0 Å². The van der Waals surface area contributed by atoms with Crippen LogP contribution in [0.25, 0.3) is 0 Å². The molecule has 1 unspecified atom stereocenters. The predicted molar refractivity (Wildman–Crippen MR) is 122 cm³/mol. The summed E-state index contributed by atoms with van der Waals surface area (Å²) in [6.45, 7) is 0.895. The number of furan rings is 1. The summed E-state index contributed by atoms with van der Waals surface area (Å²) in [5, 5.41) is 2.78. The molecule has 8 nitrogen and oxygen atoms in total. The predicted octanol–water partition coefficient (Wildman–Crippen LogP) is 3.09. The van der Waals surface area contributed by atoms with Gasteiger partial charge in [-0.05, 0) is 42.0 Å². The van der Waals surface area contributed by atoms with Gasteiger partial charge in [0.05, 0.1) is 23.6 Å². The number of sulfonamides is 1. The molecule has 1 aromatic heterocycles. The van der Waals surface area contributed by atoms with E-state index in [0.717, 1.165) is 5.56 Å². The van der Waals surface area contributed by atoms with Gasteiger partial charge in [0.15, 0.2) is 0 Å². The fraction of sp³-hybridized carbons (Fsp3) is 0.250. The first-order valence-electron chi connectivity index (χ1n) is 10.5. The molecule has 1 N–H and O–H groups in total. The molecule has 1 fully saturated rings. The van der Waals surface area contributed by atoms with Gasteiger partial charge < -0.3 is 14.6 Å². The van der Waals surface area contributed by atoms with Crippen molar-refractivity contribution in [3.63, 3.8) is 0 Å². The molecule has 0 spiro atoms. The van der Waals surface area contributed by atoms with Gasteiger partial charge >= 0.3 is 0 Å². The van der Waals surface area contributed by atoms with E-state index in [4.69, 9.17) is 4.42 Å². The molecule has 2 amide bonds. The minimum absolute atomic E-state index is 0.102. The summed E-state index contributed by atoms with van der Waals surface area (Å²) in [4.78, 5) is 26.6. The largest absolute Gasteiger partial charge is 0.467 e. The number of likely N-dealkylation sites (tertiary alicyclic amines) is 1. The Bertz CT molecular complexity index is 1210. The van der Waals surface area contributed by atoms with Gasteiger partial charge in [-0.3, -0.25) is 9.59 Å². The fourth-order valence-corrected chi connectivity index (χ4v) is 4.91. The van der Waals surface area contributed by atoms with Crippen molar-refractivity contribution >= 4 is 27.5 Å². The Morgan fingerprint density at radius 2 is 1.82 bits per heavy atom. The summed E-state index contributed by atoms with van der Waals surface area (Å²) in [5.74, 6) is -0.192. The maximum absolute atomic E-state index is 12.9. The van der Waals surface area contributed by atoms with Crippen molar-refractivity contribution in [3.8, 4) is 0 Å². The highest BCUT2D eigenvalue weighted by atomic mass is 32.2. The second-order valence-corrected chi connectivity index (χ2v) is 10.1. The Hall–Kier alpha value is -3.43. The van der Waals surface area contributed by atoms with E-state index in [1.165, 1.54) is 23.5 Å². The second kappa shape index (κ2) is 9.60. The summed E-state index contributed by atoms with van der Waals surface area (Å²) >= 11 is 0. The summed E-state index contributed by atoms with van der Waals surface area (Å²) in [6.07, 6.45) is 1.67. The van der Waals surface area contributed by atoms with Gasteiger partial charge in [0.1, 0.15) is 5.76 Å². The molecule has 33 heavy (non-hydrogen) atoms. The van der Waals surface area contributed by atoms with Gasteiger partial charge in [-0.2, -0.15) is 4.31 Å². The molecule has 0 aliphatic carbocycles. The highest BCUT2D eigenvalue weighted by molar-refractivity contribution is 7.89. The van der Waals surface area contributed by atoms with E-state index >= 15 is 0 Å². The van der Waals surface area contributed by atoms with E-state index in [-0.39, 0.29) is 29.7 Å². The average Bonchev–Trinajstić information content (AvgIpc) is 3.45. The molecule has 2 aromatic carbocycles. The SMILES string of the molecule is CN(Cc1ccccc1)S(=O)(=O)c1ccc(NC(=O)C2CC(=O)N(Cc3ccco3)C2)cc1. The van der Waals surface area contributed by atoms with Crippen LogP contribution < -0.4 is 5.32 Å². The molecule has 0 radical (unpaired) electrons. The Morgan fingerprint density at radius 1 is 1.09 bits per heavy atom. The van der Waals surface area contributed by atoms with Crippen LogP contribution in [0.3, 0.4) is 0 Å². The lowest BCUT2D eigenvalue weighted by molar-refractivity contribution is -0.128. The van der Waals surface area contributed by atoms with Crippen LogP contribution in [0.2, 0.25) is 0 Å². The summed E-state index contributed by atoms with van der Waals surface area (Å²) in [5.41, 5.74) is 1.36.